The van der Waals surface area contributed by atoms with Crippen LogP contribution < -0.4 is 16.4 Å². The quantitative estimate of drug-likeness (QED) is 0.116. The lowest BCUT2D eigenvalue weighted by Crippen LogP contribution is -2.65. The third-order valence-electron chi connectivity index (χ3n) is 8.44. The van der Waals surface area contributed by atoms with E-state index in [1.54, 1.807) is 14.2 Å². The van der Waals surface area contributed by atoms with Crippen molar-refractivity contribution in [3.63, 3.8) is 0 Å². The molecular formula is C27H52N6O6Si. The van der Waals surface area contributed by atoms with Gasteiger partial charge in [-0.25, -0.2) is 4.79 Å². The molecule has 7 unspecified atom stereocenters. The number of nitrogens with zero attached hydrogens (tertiary/aromatic N) is 3. The Morgan fingerprint density at radius 1 is 1.20 bits per heavy atom. The van der Waals surface area contributed by atoms with E-state index in [0.29, 0.717) is 25.6 Å². The van der Waals surface area contributed by atoms with Crippen LogP contribution in [0.1, 0.15) is 39.0 Å². The summed E-state index contributed by atoms with van der Waals surface area (Å²) in [4.78, 5) is 22.5. The summed E-state index contributed by atoms with van der Waals surface area (Å²) in [6.45, 7) is 11.8. The molecule has 4 heterocycles. The fourth-order valence-electron chi connectivity index (χ4n) is 6.09. The summed E-state index contributed by atoms with van der Waals surface area (Å²) in [5, 5.41) is 7.26. The monoisotopic (exact) mass is 584 g/mol. The highest BCUT2D eigenvalue weighted by atomic mass is 28.3. The van der Waals surface area contributed by atoms with Gasteiger partial charge in [-0.2, -0.15) is 0 Å². The average molecular weight is 585 g/mol. The molecule has 4 rings (SSSR count). The molecule has 0 aromatic carbocycles. The SMILES string of the molecule is COC(CN=C(N)C1CCC2NC1OC(C)CCCOC1CCNC3C1N2C(=O)N3COCC[Si](C)(C)C)OC. The van der Waals surface area contributed by atoms with Crippen LogP contribution in [0.2, 0.25) is 25.7 Å². The number of carbonyl (C=O) groups excluding carboxylic acids is 1. The van der Waals surface area contributed by atoms with Gasteiger partial charge in [-0.1, -0.05) is 19.6 Å². The normalized spacial score (nSPS) is 34.0. The van der Waals surface area contributed by atoms with Crippen molar-refractivity contribution in [2.24, 2.45) is 16.6 Å². The molecule has 0 aromatic rings. The highest BCUT2D eigenvalue weighted by Gasteiger charge is 2.55. The van der Waals surface area contributed by atoms with E-state index >= 15 is 0 Å². The van der Waals surface area contributed by atoms with Crippen LogP contribution in [-0.4, -0.2) is 120 Å². The van der Waals surface area contributed by atoms with Gasteiger partial charge in [0.15, 0.2) is 6.29 Å². The number of methoxy groups -OCH3 is 2. The molecular weight excluding hydrogens is 532 g/mol. The summed E-state index contributed by atoms with van der Waals surface area (Å²) in [5.74, 6) is 0.389. The number of ether oxygens (including phenoxy) is 5. The lowest BCUT2D eigenvalue weighted by Gasteiger charge is -2.46. The van der Waals surface area contributed by atoms with Crippen molar-refractivity contribution in [3.8, 4) is 0 Å². The van der Waals surface area contributed by atoms with Crippen LogP contribution in [-0.2, 0) is 23.7 Å². The molecule has 2 bridgehead atoms. The van der Waals surface area contributed by atoms with Gasteiger partial charge in [0.25, 0.3) is 0 Å². The minimum absolute atomic E-state index is 0.00221. The minimum atomic E-state index is -1.23. The molecule has 13 heteroatoms. The second-order valence-corrected chi connectivity index (χ2v) is 18.3. The van der Waals surface area contributed by atoms with Crippen molar-refractivity contribution in [1.29, 1.82) is 0 Å². The standard InChI is InChI=1S/C27H52N6O6Si/c1-18-8-7-13-38-20-11-12-29-25-23(20)33(27(34)32(25)17-37-14-15-40(4,5)6)21-10-9-19(26(31-21)39-18)24(28)30-16-22(35-2)36-3/h18-23,25-26,29,31H,7-17H2,1-6H3,(H2,28,30). The number of fused-ring (bicyclic) bond motifs is 3. The number of carbonyl (C=O) groups is 1. The molecule has 0 saturated carbocycles. The number of amides is 2. The van der Waals surface area contributed by atoms with E-state index in [2.05, 4.69) is 42.2 Å². The van der Waals surface area contributed by atoms with Crippen LogP contribution in [0.4, 0.5) is 4.79 Å². The minimum Gasteiger partial charge on any atom is -0.387 e. The molecule has 4 aliphatic rings. The zero-order chi connectivity index (χ0) is 28.9. The third-order valence-corrected chi connectivity index (χ3v) is 10.1. The molecule has 4 fully saturated rings. The van der Waals surface area contributed by atoms with Crippen molar-refractivity contribution < 1.29 is 28.5 Å². The van der Waals surface area contributed by atoms with E-state index in [-0.39, 0.29) is 55.5 Å². The van der Waals surface area contributed by atoms with Gasteiger partial charge in [0.1, 0.15) is 25.0 Å². The van der Waals surface area contributed by atoms with Gasteiger partial charge in [-0.05, 0) is 51.6 Å². The van der Waals surface area contributed by atoms with E-state index in [9.17, 15) is 4.79 Å². The molecule has 2 amide bonds. The molecule has 0 aliphatic carbocycles. The fraction of sp³-hybridized carbons (Fsp3) is 0.926. The van der Waals surface area contributed by atoms with E-state index < -0.39 is 14.4 Å². The molecule has 0 radical (unpaired) electrons. The third kappa shape index (κ3) is 7.74. The molecule has 12 nitrogen and oxygen atoms in total. The lowest BCUT2D eigenvalue weighted by molar-refractivity contribution is -0.103. The Kier molecular flexibility index (Phi) is 11.2. The van der Waals surface area contributed by atoms with Gasteiger partial charge < -0.3 is 29.4 Å². The smallest absolute Gasteiger partial charge is 0.324 e. The van der Waals surface area contributed by atoms with Gasteiger partial charge in [0, 0.05) is 35.5 Å². The van der Waals surface area contributed by atoms with E-state index in [1.165, 1.54) is 0 Å². The number of hydrogen-bond donors (Lipinski definition) is 3. The van der Waals surface area contributed by atoms with E-state index in [1.807, 2.05) is 9.80 Å². The summed E-state index contributed by atoms with van der Waals surface area (Å²) in [6.07, 6.45) is 2.84. The van der Waals surface area contributed by atoms with Crippen molar-refractivity contribution in [2.45, 2.75) is 108 Å². The maximum atomic E-state index is 14.0. The topological polar surface area (TPSA) is 132 Å². The molecule has 0 aromatic heterocycles. The Morgan fingerprint density at radius 3 is 2.70 bits per heavy atom. The molecule has 4 saturated heterocycles. The zero-order valence-electron chi connectivity index (χ0n) is 25.3. The largest absolute Gasteiger partial charge is 0.387 e. The van der Waals surface area contributed by atoms with E-state index in [0.717, 1.165) is 44.7 Å². The average Bonchev–Trinajstić information content (AvgIpc) is 3.20. The van der Waals surface area contributed by atoms with Gasteiger partial charge in [0.2, 0.25) is 0 Å². The second-order valence-electron chi connectivity index (χ2n) is 12.6. The summed E-state index contributed by atoms with van der Waals surface area (Å²) >= 11 is 0. The highest BCUT2D eigenvalue weighted by Crippen LogP contribution is 2.35. The maximum absolute atomic E-state index is 14.0. The highest BCUT2D eigenvalue weighted by molar-refractivity contribution is 6.76. The van der Waals surface area contributed by atoms with Crippen molar-refractivity contribution in [1.82, 2.24) is 20.4 Å². The summed E-state index contributed by atoms with van der Waals surface area (Å²) in [5.41, 5.74) is 6.52. The fourth-order valence-corrected chi connectivity index (χ4v) is 6.85. The van der Waals surface area contributed by atoms with Gasteiger partial charge in [-0.15, -0.1) is 0 Å². The number of amidine groups is 1. The second kappa shape index (κ2) is 14.2. The first-order valence-corrected chi connectivity index (χ1v) is 18.6. The first-order chi connectivity index (χ1) is 19.1. The number of piperidine rings is 2. The van der Waals surface area contributed by atoms with Crippen LogP contribution in [0.15, 0.2) is 4.99 Å². The predicted octanol–water partition coefficient (Wildman–Crippen LogP) is 1.94. The number of rotatable bonds is 10. The van der Waals surface area contributed by atoms with Crippen LogP contribution in [0.25, 0.3) is 0 Å². The van der Waals surface area contributed by atoms with Crippen LogP contribution in [0.3, 0.4) is 0 Å². The Labute approximate surface area is 240 Å². The van der Waals surface area contributed by atoms with Crippen molar-refractivity contribution in [3.05, 3.63) is 0 Å². The van der Waals surface area contributed by atoms with Gasteiger partial charge >= 0.3 is 6.03 Å². The summed E-state index contributed by atoms with van der Waals surface area (Å²) < 4.78 is 29.6. The summed E-state index contributed by atoms with van der Waals surface area (Å²) in [6, 6.07) is 0.909. The van der Waals surface area contributed by atoms with Gasteiger partial charge in [0.05, 0.1) is 36.9 Å². The van der Waals surface area contributed by atoms with Crippen LogP contribution in [0.5, 0.6) is 0 Å². The molecule has 40 heavy (non-hydrogen) atoms. The van der Waals surface area contributed by atoms with Gasteiger partial charge in [-0.3, -0.25) is 25.4 Å². The summed E-state index contributed by atoms with van der Waals surface area (Å²) in [7, 11) is 1.94. The molecule has 0 spiro atoms. The molecule has 7 atom stereocenters. The first kappa shape index (κ1) is 31.6. The first-order valence-electron chi connectivity index (χ1n) is 14.9. The number of nitrogens with two attached hydrogens (primary N) is 1. The molecule has 4 N–H and O–H groups in total. The predicted molar refractivity (Wildman–Crippen MR) is 155 cm³/mol. The molecule has 230 valence electrons. The van der Waals surface area contributed by atoms with Crippen LogP contribution in [0, 0.1) is 5.92 Å². The number of nitrogens with one attached hydrogen (secondary N) is 2. The van der Waals surface area contributed by atoms with Crippen molar-refractivity contribution in [2.75, 3.05) is 47.3 Å². The number of aliphatic imine (C=N–C) groups is 1. The number of urea groups is 1. The van der Waals surface area contributed by atoms with Crippen LogP contribution >= 0.6 is 0 Å². The Hall–Kier alpha value is -1.32. The lowest BCUT2D eigenvalue weighted by atomic mass is 9.92. The number of hydrogen-bond acceptors (Lipinski definition) is 9. The maximum Gasteiger partial charge on any atom is 0.324 e. The Bertz CT molecular complexity index is 858. The zero-order valence-corrected chi connectivity index (χ0v) is 26.3. The Morgan fingerprint density at radius 2 is 1.98 bits per heavy atom. The van der Waals surface area contributed by atoms with Crippen molar-refractivity contribution >= 4 is 19.9 Å². The van der Waals surface area contributed by atoms with E-state index in [4.69, 9.17) is 29.4 Å². The Balaban J connectivity index is 1.54. The molecule has 4 aliphatic heterocycles.